The Balaban J connectivity index is 1.87. The predicted molar refractivity (Wildman–Crippen MR) is 75.6 cm³/mol. The van der Waals surface area contributed by atoms with E-state index < -0.39 is 0 Å². The predicted octanol–water partition coefficient (Wildman–Crippen LogP) is 3.64. The maximum atomic E-state index is 3.65. The van der Waals surface area contributed by atoms with E-state index in [0.717, 1.165) is 12.6 Å². The quantitative estimate of drug-likeness (QED) is 0.885. The Hall–Kier alpha value is 0.01000. The molecular weight excluding hydrogens is 234 g/mol. The highest BCUT2D eigenvalue weighted by molar-refractivity contribution is 7.99. The molecular formula is C13H21NS2. The standard InChI is InChI=1S/C13H21NS2/c1-13(2,3)12-5-4-11(16-12)8-14-10-6-7-15-9-10/h4-5,10,14H,6-9H2,1-3H3. The minimum Gasteiger partial charge on any atom is -0.308 e. The lowest BCUT2D eigenvalue weighted by Gasteiger charge is -2.15. The fourth-order valence-electron chi connectivity index (χ4n) is 1.82. The van der Waals surface area contributed by atoms with Crippen LogP contribution in [0.3, 0.4) is 0 Å². The van der Waals surface area contributed by atoms with E-state index in [1.165, 1.54) is 27.7 Å². The highest BCUT2D eigenvalue weighted by Gasteiger charge is 2.17. The smallest absolute Gasteiger partial charge is 0.0302 e. The van der Waals surface area contributed by atoms with E-state index in [0.29, 0.717) is 5.41 Å². The molecule has 2 rings (SSSR count). The van der Waals surface area contributed by atoms with E-state index in [-0.39, 0.29) is 0 Å². The fraction of sp³-hybridized carbons (Fsp3) is 0.692. The van der Waals surface area contributed by atoms with Crippen LogP contribution in [0.25, 0.3) is 0 Å². The maximum Gasteiger partial charge on any atom is 0.0302 e. The zero-order valence-electron chi connectivity index (χ0n) is 10.4. The average molecular weight is 255 g/mol. The largest absolute Gasteiger partial charge is 0.308 e. The minimum atomic E-state index is 0.298. The maximum absolute atomic E-state index is 3.65. The first-order valence-electron chi connectivity index (χ1n) is 5.96. The van der Waals surface area contributed by atoms with Crippen LogP contribution >= 0.6 is 23.1 Å². The van der Waals surface area contributed by atoms with Crippen molar-refractivity contribution in [3.05, 3.63) is 21.9 Å². The molecule has 1 atom stereocenters. The Morgan fingerprint density at radius 3 is 2.75 bits per heavy atom. The van der Waals surface area contributed by atoms with Crippen LogP contribution in [0.15, 0.2) is 12.1 Å². The molecule has 0 saturated carbocycles. The third-order valence-corrected chi connectivity index (χ3v) is 5.57. The van der Waals surface area contributed by atoms with Crippen LogP contribution in [-0.4, -0.2) is 17.5 Å². The van der Waals surface area contributed by atoms with Crippen LogP contribution in [0.2, 0.25) is 0 Å². The van der Waals surface area contributed by atoms with Crippen LogP contribution < -0.4 is 5.32 Å². The summed E-state index contributed by atoms with van der Waals surface area (Å²) in [5, 5.41) is 3.65. The van der Waals surface area contributed by atoms with Gasteiger partial charge in [-0.15, -0.1) is 11.3 Å². The van der Waals surface area contributed by atoms with Gasteiger partial charge in [0.15, 0.2) is 0 Å². The molecule has 0 spiro atoms. The van der Waals surface area contributed by atoms with Crippen molar-refractivity contribution in [1.29, 1.82) is 0 Å². The Labute approximate surface area is 107 Å². The van der Waals surface area contributed by atoms with Crippen molar-refractivity contribution in [2.75, 3.05) is 11.5 Å². The van der Waals surface area contributed by atoms with Crippen molar-refractivity contribution < 1.29 is 0 Å². The van der Waals surface area contributed by atoms with Gasteiger partial charge in [0.25, 0.3) is 0 Å². The monoisotopic (exact) mass is 255 g/mol. The summed E-state index contributed by atoms with van der Waals surface area (Å²) in [6, 6.07) is 5.30. The van der Waals surface area contributed by atoms with Crippen molar-refractivity contribution >= 4 is 23.1 Å². The molecule has 1 aromatic heterocycles. The van der Waals surface area contributed by atoms with Gasteiger partial charge in [0, 0.05) is 28.1 Å². The van der Waals surface area contributed by atoms with Gasteiger partial charge in [-0.1, -0.05) is 20.8 Å². The van der Waals surface area contributed by atoms with E-state index in [9.17, 15) is 0 Å². The highest BCUT2D eigenvalue weighted by atomic mass is 32.2. The summed E-state index contributed by atoms with van der Waals surface area (Å²) in [5.41, 5.74) is 0.298. The van der Waals surface area contributed by atoms with Gasteiger partial charge in [0.05, 0.1) is 0 Å². The molecule has 1 aromatic rings. The first-order chi connectivity index (χ1) is 7.55. The Kier molecular flexibility index (Phi) is 3.98. The van der Waals surface area contributed by atoms with Gasteiger partial charge in [0.2, 0.25) is 0 Å². The minimum absolute atomic E-state index is 0.298. The summed E-state index contributed by atoms with van der Waals surface area (Å²) in [4.78, 5) is 2.96. The number of hydrogen-bond donors (Lipinski definition) is 1. The van der Waals surface area contributed by atoms with Gasteiger partial charge >= 0.3 is 0 Å². The van der Waals surface area contributed by atoms with Crippen molar-refractivity contribution in [2.24, 2.45) is 0 Å². The lowest BCUT2D eigenvalue weighted by Crippen LogP contribution is -2.27. The third kappa shape index (κ3) is 3.25. The van der Waals surface area contributed by atoms with Gasteiger partial charge < -0.3 is 5.32 Å². The molecule has 1 saturated heterocycles. The first kappa shape index (κ1) is 12.5. The molecule has 1 aliphatic heterocycles. The Bertz CT molecular complexity index is 332. The molecule has 1 fully saturated rings. The zero-order valence-corrected chi connectivity index (χ0v) is 12.0. The average Bonchev–Trinajstić information content (AvgIpc) is 2.85. The summed E-state index contributed by atoms with van der Waals surface area (Å²) in [6.45, 7) is 7.89. The lowest BCUT2D eigenvalue weighted by atomic mass is 9.95. The van der Waals surface area contributed by atoms with Gasteiger partial charge in [-0.3, -0.25) is 0 Å². The zero-order chi connectivity index (χ0) is 11.6. The first-order valence-corrected chi connectivity index (χ1v) is 7.93. The number of thioether (sulfide) groups is 1. The Morgan fingerprint density at radius 1 is 1.38 bits per heavy atom. The van der Waals surface area contributed by atoms with Crippen LogP contribution in [0.1, 0.15) is 36.9 Å². The second-order valence-electron chi connectivity index (χ2n) is 5.46. The molecule has 2 heterocycles. The lowest BCUT2D eigenvalue weighted by molar-refractivity contribution is 0.561. The van der Waals surface area contributed by atoms with E-state index in [1.807, 2.05) is 11.3 Å². The number of nitrogens with one attached hydrogen (secondary N) is 1. The molecule has 0 bridgehead atoms. The van der Waals surface area contributed by atoms with Gasteiger partial charge in [-0.25, -0.2) is 0 Å². The molecule has 0 amide bonds. The van der Waals surface area contributed by atoms with E-state index >= 15 is 0 Å². The molecule has 1 aliphatic rings. The summed E-state index contributed by atoms with van der Waals surface area (Å²) in [7, 11) is 0. The van der Waals surface area contributed by atoms with Crippen LogP contribution in [0, 0.1) is 0 Å². The molecule has 90 valence electrons. The Morgan fingerprint density at radius 2 is 2.19 bits per heavy atom. The molecule has 0 aliphatic carbocycles. The summed E-state index contributed by atoms with van der Waals surface area (Å²) < 4.78 is 0. The molecule has 1 N–H and O–H groups in total. The number of hydrogen-bond acceptors (Lipinski definition) is 3. The SMILES string of the molecule is CC(C)(C)c1ccc(CNC2CCSC2)s1. The van der Waals surface area contributed by atoms with Crippen molar-refractivity contribution in [3.63, 3.8) is 0 Å². The molecule has 1 unspecified atom stereocenters. The van der Waals surface area contributed by atoms with Gasteiger partial charge in [0.1, 0.15) is 0 Å². The second kappa shape index (κ2) is 5.11. The van der Waals surface area contributed by atoms with Gasteiger partial charge in [-0.2, -0.15) is 11.8 Å². The summed E-state index contributed by atoms with van der Waals surface area (Å²) in [5.74, 6) is 2.62. The molecule has 16 heavy (non-hydrogen) atoms. The molecule has 3 heteroatoms. The van der Waals surface area contributed by atoms with Crippen LogP contribution in [-0.2, 0) is 12.0 Å². The molecule has 1 nitrogen and oxygen atoms in total. The molecule has 0 radical (unpaired) electrons. The topological polar surface area (TPSA) is 12.0 Å². The fourth-order valence-corrected chi connectivity index (χ4v) is 4.02. The van der Waals surface area contributed by atoms with Crippen molar-refractivity contribution in [3.8, 4) is 0 Å². The van der Waals surface area contributed by atoms with Crippen LogP contribution in [0.5, 0.6) is 0 Å². The van der Waals surface area contributed by atoms with E-state index in [2.05, 4.69) is 50.0 Å². The van der Waals surface area contributed by atoms with E-state index in [1.54, 1.807) is 0 Å². The third-order valence-electron chi connectivity index (χ3n) is 2.90. The number of rotatable bonds is 3. The summed E-state index contributed by atoms with van der Waals surface area (Å²) >= 11 is 4.02. The summed E-state index contributed by atoms with van der Waals surface area (Å²) in [6.07, 6.45) is 1.34. The highest BCUT2D eigenvalue weighted by Crippen LogP contribution is 2.29. The van der Waals surface area contributed by atoms with E-state index in [4.69, 9.17) is 0 Å². The second-order valence-corrected chi connectivity index (χ2v) is 7.78. The molecule has 0 aromatic carbocycles. The van der Waals surface area contributed by atoms with Crippen molar-refractivity contribution in [2.45, 2.75) is 45.2 Å². The van der Waals surface area contributed by atoms with Crippen LogP contribution in [0.4, 0.5) is 0 Å². The normalized spacial score (nSPS) is 21.6. The van der Waals surface area contributed by atoms with Gasteiger partial charge in [-0.05, 0) is 29.7 Å². The number of thiophene rings is 1. The van der Waals surface area contributed by atoms with Crippen molar-refractivity contribution in [1.82, 2.24) is 5.32 Å².